The van der Waals surface area contributed by atoms with E-state index in [0.29, 0.717) is 5.56 Å². The van der Waals surface area contributed by atoms with Gasteiger partial charge in [0.1, 0.15) is 6.10 Å². The fraction of sp³-hybridized carbons (Fsp3) is 0.300. The fourth-order valence-corrected chi connectivity index (χ4v) is 1.93. The summed E-state index contributed by atoms with van der Waals surface area (Å²) in [6.45, 7) is 0. The first kappa shape index (κ1) is 8.11. The Balaban J connectivity index is 2.22. The van der Waals surface area contributed by atoms with E-state index in [4.69, 9.17) is 4.74 Å². The van der Waals surface area contributed by atoms with Crippen LogP contribution in [0.5, 0.6) is 0 Å². The summed E-state index contributed by atoms with van der Waals surface area (Å²) in [7, 11) is 0. The molecule has 0 radical (unpaired) electrons. The van der Waals surface area contributed by atoms with Crippen molar-refractivity contribution in [2.75, 3.05) is 0 Å². The largest absolute Gasteiger partial charge is 0.358 e. The Labute approximate surface area is 79.7 Å². The van der Waals surface area contributed by atoms with E-state index in [1.54, 1.807) is 24.3 Å². The summed E-state index contributed by atoms with van der Waals surface area (Å²) in [4.78, 5) is 11.6. The average molecular weight is 192 g/mol. The van der Waals surface area contributed by atoms with Gasteiger partial charge in [0.05, 0.1) is 0 Å². The van der Waals surface area contributed by atoms with Crippen LogP contribution in [0, 0.1) is 0 Å². The molecule has 3 rings (SSSR count). The Kier molecular flexibility index (Phi) is 1.29. The van der Waals surface area contributed by atoms with Crippen LogP contribution in [0.3, 0.4) is 0 Å². The zero-order valence-corrected chi connectivity index (χ0v) is 7.18. The summed E-state index contributed by atoms with van der Waals surface area (Å²) < 4.78 is 5.07. The van der Waals surface area contributed by atoms with Gasteiger partial charge in [-0.1, -0.05) is 24.3 Å². The lowest BCUT2D eigenvalue weighted by Crippen LogP contribution is -2.46. The Hall–Kier alpha value is -1.23. The number of carbonyl (C=O) groups is 1. The summed E-state index contributed by atoms with van der Waals surface area (Å²) in [6.07, 6.45) is -1.12. The quantitative estimate of drug-likeness (QED) is 0.448. The van der Waals surface area contributed by atoms with E-state index in [9.17, 15) is 15.0 Å². The third-order valence-corrected chi connectivity index (χ3v) is 2.73. The number of hydrogen-bond donors (Lipinski definition) is 2. The van der Waals surface area contributed by atoms with Crippen LogP contribution < -0.4 is 0 Å². The van der Waals surface area contributed by atoms with Gasteiger partial charge in [-0.05, 0) is 5.56 Å². The van der Waals surface area contributed by atoms with Gasteiger partial charge >= 0.3 is 0 Å². The van der Waals surface area contributed by atoms with Crippen LogP contribution in [0.25, 0.3) is 0 Å². The molecule has 1 aliphatic carbocycles. The number of ether oxygens (including phenoxy) is 1. The highest BCUT2D eigenvalue weighted by Gasteiger charge is 2.63. The molecule has 1 heterocycles. The van der Waals surface area contributed by atoms with Crippen molar-refractivity contribution in [3.05, 3.63) is 35.4 Å². The van der Waals surface area contributed by atoms with Gasteiger partial charge in [0.25, 0.3) is 5.79 Å². The van der Waals surface area contributed by atoms with Crippen LogP contribution in [-0.2, 0) is 4.74 Å². The summed E-state index contributed by atoms with van der Waals surface area (Å²) in [5.74, 6) is -3.02. The van der Waals surface area contributed by atoms with E-state index in [2.05, 4.69) is 0 Å². The number of fused-ring (bicyclic) bond motifs is 3. The lowest BCUT2D eigenvalue weighted by molar-refractivity contribution is -0.136. The number of hydrogen-bond acceptors (Lipinski definition) is 4. The van der Waals surface area contributed by atoms with Gasteiger partial charge in [0.2, 0.25) is 5.78 Å². The zero-order valence-electron chi connectivity index (χ0n) is 7.18. The van der Waals surface area contributed by atoms with E-state index in [0.717, 1.165) is 5.56 Å². The highest BCUT2D eigenvalue weighted by atomic mass is 16.6. The van der Waals surface area contributed by atoms with Gasteiger partial charge in [-0.25, -0.2) is 0 Å². The van der Waals surface area contributed by atoms with Crippen LogP contribution in [0.15, 0.2) is 24.3 Å². The molecule has 1 aromatic carbocycles. The zero-order chi connectivity index (χ0) is 9.92. The molecule has 2 atom stereocenters. The van der Waals surface area contributed by atoms with E-state index >= 15 is 0 Å². The van der Waals surface area contributed by atoms with Gasteiger partial charge in [-0.15, -0.1) is 0 Å². The lowest BCUT2D eigenvalue weighted by atomic mass is 9.86. The molecule has 4 heteroatoms. The fourth-order valence-electron chi connectivity index (χ4n) is 1.93. The first-order valence-electron chi connectivity index (χ1n) is 4.36. The monoisotopic (exact) mass is 192 g/mol. The molecule has 0 amide bonds. The Bertz CT molecular complexity index is 424. The van der Waals surface area contributed by atoms with Crippen LogP contribution in [0.2, 0.25) is 0 Å². The molecule has 0 aromatic heterocycles. The third kappa shape index (κ3) is 0.803. The minimum atomic E-state index is -2.35. The van der Waals surface area contributed by atoms with Gasteiger partial charge in [0.15, 0.2) is 6.10 Å². The molecule has 1 aliphatic heterocycles. The summed E-state index contributed by atoms with van der Waals surface area (Å²) in [6, 6.07) is 6.84. The Morgan fingerprint density at radius 3 is 2.79 bits per heavy atom. The molecule has 0 spiro atoms. The predicted molar refractivity (Wildman–Crippen MR) is 45.6 cm³/mol. The second kappa shape index (κ2) is 2.23. The van der Waals surface area contributed by atoms with Crippen molar-refractivity contribution in [1.29, 1.82) is 0 Å². The normalized spacial score (nSPS) is 32.0. The van der Waals surface area contributed by atoms with Gasteiger partial charge in [0, 0.05) is 5.56 Å². The van der Waals surface area contributed by atoms with Crippen LogP contribution in [0.4, 0.5) is 0 Å². The summed E-state index contributed by atoms with van der Waals surface area (Å²) >= 11 is 0. The summed E-state index contributed by atoms with van der Waals surface area (Å²) in [5.41, 5.74) is 1.09. The highest BCUT2D eigenvalue weighted by Crippen LogP contribution is 2.50. The molecule has 2 unspecified atom stereocenters. The van der Waals surface area contributed by atoms with Crippen LogP contribution in [0.1, 0.15) is 22.0 Å². The van der Waals surface area contributed by atoms with Crippen molar-refractivity contribution in [3.8, 4) is 0 Å². The van der Waals surface area contributed by atoms with Crippen LogP contribution >= 0.6 is 0 Å². The lowest BCUT2D eigenvalue weighted by Gasteiger charge is -2.22. The molecule has 0 bridgehead atoms. The standard InChI is InChI=1S/C10H8O4/c11-8-6-4-2-1-3-5(6)7-9(14-7)10(8,12)13/h1-4,7,9,12-13H. The molecular formula is C10H8O4. The summed E-state index contributed by atoms with van der Waals surface area (Å²) in [5, 5.41) is 19.0. The SMILES string of the molecule is O=C1c2ccccc2C2OC2C1(O)O. The topological polar surface area (TPSA) is 70.1 Å². The number of Topliss-reactive ketones (excluding diaryl/α,β-unsaturated/α-hetero) is 1. The highest BCUT2D eigenvalue weighted by molar-refractivity contribution is 6.04. The van der Waals surface area contributed by atoms with Crippen molar-refractivity contribution in [1.82, 2.24) is 0 Å². The van der Waals surface area contributed by atoms with Crippen LogP contribution in [-0.4, -0.2) is 27.9 Å². The smallest absolute Gasteiger partial charge is 0.259 e. The Morgan fingerprint density at radius 2 is 2.00 bits per heavy atom. The van der Waals surface area contributed by atoms with E-state index in [1.807, 2.05) is 0 Å². The number of carbonyl (C=O) groups excluding carboxylic acids is 1. The van der Waals surface area contributed by atoms with Gasteiger partial charge in [-0.2, -0.15) is 0 Å². The second-order valence-electron chi connectivity index (χ2n) is 3.62. The second-order valence-corrected chi connectivity index (χ2v) is 3.62. The first-order valence-corrected chi connectivity index (χ1v) is 4.36. The van der Waals surface area contributed by atoms with Crippen molar-refractivity contribution < 1.29 is 19.7 Å². The van der Waals surface area contributed by atoms with Gasteiger partial charge < -0.3 is 14.9 Å². The number of epoxide rings is 1. The maximum Gasteiger partial charge on any atom is 0.259 e. The number of aliphatic hydroxyl groups is 2. The van der Waals surface area contributed by atoms with E-state index in [1.165, 1.54) is 0 Å². The van der Waals surface area contributed by atoms with Gasteiger partial charge in [-0.3, -0.25) is 4.79 Å². The van der Waals surface area contributed by atoms with E-state index in [-0.39, 0.29) is 6.10 Å². The van der Waals surface area contributed by atoms with Crippen molar-refractivity contribution in [2.45, 2.75) is 18.0 Å². The molecule has 72 valence electrons. The average Bonchev–Trinajstić information content (AvgIpc) is 2.95. The maximum atomic E-state index is 11.6. The maximum absolute atomic E-state index is 11.6. The molecule has 0 saturated carbocycles. The minimum absolute atomic E-state index is 0.334. The molecule has 14 heavy (non-hydrogen) atoms. The predicted octanol–water partition coefficient (Wildman–Crippen LogP) is 0.00370. The molecule has 4 nitrogen and oxygen atoms in total. The molecule has 2 aliphatic rings. The third-order valence-electron chi connectivity index (χ3n) is 2.73. The Morgan fingerprint density at radius 1 is 1.29 bits per heavy atom. The molecule has 1 saturated heterocycles. The number of rotatable bonds is 0. The minimum Gasteiger partial charge on any atom is -0.358 e. The molecule has 1 aromatic rings. The van der Waals surface area contributed by atoms with Crippen molar-refractivity contribution >= 4 is 5.78 Å². The van der Waals surface area contributed by atoms with Crippen molar-refractivity contribution in [2.24, 2.45) is 0 Å². The first-order chi connectivity index (χ1) is 6.62. The van der Waals surface area contributed by atoms with E-state index < -0.39 is 17.7 Å². The number of ketones is 1. The molecule has 2 N–H and O–H groups in total. The molecule has 1 fully saturated rings. The van der Waals surface area contributed by atoms with Crippen molar-refractivity contribution in [3.63, 3.8) is 0 Å². The number of benzene rings is 1. The molecular weight excluding hydrogens is 184 g/mol.